The SMILES string of the molecule is N#C[C@@H]1C[C@@H]2C[12C@@H]2N1. The second-order valence-electron chi connectivity index (χ2n) is 2.69. The van der Waals surface area contributed by atoms with Crippen LogP contribution in [-0.4, -0.2) is 12.1 Å². The molecule has 1 saturated carbocycles. The van der Waals surface area contributed by atoms with Gasteiger partial charge in [0.2, 0.25) is 0 Å². The summed E-state index contributed by atoms with van der Waals surface area (Å²) in [5.74, 6) is 0.861. The summed E-state index contributed by atoms with van der Waals surface area (Å²) < 4.78 is 0. The van der Waals surface area contributed by atoms with E-state index in [2.05, 4.69) is 11.4 Å². The van der Waals surface area contributed by atoms with Gasteiger partial charge in [-0.2, -0.15) is 5.26 Å². The Morgan fingerprint density at radius 2 is 2.38 bits per heavy atom. The quantitative estimate of drug-likeness (QED) is 0.483. The number of nitriles is 1. The van der Waals surface area contributed by atoms with Gasteiger partial charge >= 0.3 is 0 Å². The minimum atomic E-state index is 0.179. The van der Waals surface area contributed by atoms with Crippen LogP contribution in [0.1, 0.15) is 12.8 Å². The Hall–Kier alpha value is -0.550. The molecule has 42 valence electrons. The molecule has 2 aliphatic rings. The summed E-state index contributed by atoms with van der Waals surface area (Å²) in [7, 11) is 0. The first-order valence-corrected chi connectivity index (χ1v) is 3.06. The van der Waals surface area contributed by atoms with Crippen molar-refractivity contribution in [3.05, 3.63) is 0 Å². The predicted molar refractivity (Wildman–Crippen MR) is 29.0 cm³/mol. The molecule has 0 aromatic rings. The van der Waals surface area contributed by atoms with Crippen LogP contribution in [0.25, 0.3) is 0 Å². The molecule has 1 aliphatic heterocycles. The largest absolute Gasteiger partial charge is 0.299 e. The highest BCUT2D eigenvalue weighted by Crippen LogP contribution is 2.40. The number of hydrogen-bond acceptors (Lipinski definition) is 2. The van der Waals surface area contributed by atoms with Gasteiger partial charge in [0.1, 0.15) is 0 Å². The van der Waals surface area contributed by atoms with Gasteiger partial charge in [0.25, 0.3) is 0 Å². The molecular formula is C6H8N2. The molecule has 0 bridgehead atoms. The molecule has 2 heteroatoms. The van der Waals surface area contributed by atoms with E-state index in [0.717, 1.165) is 18.4 Å². The Kier molecular flexibility index (Phi) is 0.671. The first-order chi connectivity index (χ1) is 3.90. The molecule has 2 fully saturated rings. The lowest BCUT2D eigenvalue weighted by molar-refractivity contribution is 0.643. The van der Waals surface area contributed by atoms with Crippen LogP contribution in [-0.2, 0) is 0 Å². The van der Waals surface area contributed by atoms with Gasteiger partial charge in [-0.3, -0.25) is 5.32 Å². The van der Waals surface area contributed by atoms with E-state index in [1.165, 1.54) is 6.42 Å². The Bertz CT molecular complexity index is 137. The van der Waals surface area contributed by atoms with E-state index in [9.17, 15) is 0 Å². The van der Waals surface area contributed by atoms with E-state index in [0.29, 0.717) is 0 Å². The van der Waals surface area contributed by atoms with Crippen molar-refractivity contribution in [1.82, 2.24) is 5.32 Å². The molecule has 8 heavy (non-hydrogen) atoms. The topological polar surface area (TPSA) is 35.8 Å². The van der Waals surface area contributed by atoms with E-state index >= 15 is 0 Å². The molecular weight excluding hydrogens is 100 g/mol. The minimum absolute atomic E-state index is 0.179. The smallest absolute Gasteiger partial charge is 0.0958 e. The monoisotopic (exact) mass is 108 g/mol. The van der Waals surface area contributed by atoms with Crippen molar-refractivity contribution < 1.29 is 0 Å². The summed E-state index contributed by atoms with van der Waals surface area (Å²) in [6, 6.07) is 3.11. The molecule has 0 amide bonds. The van der Waals surface area contributed by atoms with Crippen LogP contribution in [0.4, 0.5) is 0 Å². The summed E-state index contributed by atoms with van der Waals surface area (Å²) in [5.41, 5.74) is 0. The summed E-state index contributed by atoms with van der Waals surface area (Å²) >= 11 is 0. The van der Waals surface area contributed by atoms with E-state index < -0.39 is 0 Å². The van der Waals surface area contributed by atoms with Crippen LogP contribution in [0.15, 0.2) is 0 Å². The molecule has 0 radical (unpaired) electrons. The Labute approximate surface area is 48.5 Å². The van der Waals surface area contributed by atoms with Gasteiger partial charge in [-0.05, 0) is 18.8 Å². The predicted octanol–water partition coefficient (Wildman–Crippen LogP) is 0.260. The van der Waals surface area contributed by atoms with Crippen molar-refractivity contribution in [3.63, 3.8) is 0 Å². The third kappa shape index (κ3) is 0.452. The van der Waals surface area contributed by atoms with Crippen molar-refractivity contribution in [1.29, 1.82) is 5.26 Å². The minimum Gasteiger partial charge on any atom is -0.299 e. The molecule has 1 N–H and O–H groups in total. The normalized spacial score (nSPS) is 50.1. The third-order valence-corrected chi connectivity index (χ3v) is 2.03. The summed E-state index contributed by atoms with van der Waals surface area (Å²) in [6.45, 7) is 0. The van der Waals surface area contributed by atoms with Crippen molar-refractivity contribution >= 4 is 0 Å². The van der Waals surface area contributed by atoms with Crippen LogP contribution in [0.3, 0.4) is 0 Å². The average molecular weight is 108 g/mol. The standard InChI is InChI=1S/C6H8N2/c7-3-5-1-4-2-6(4)8-5/h4-6,8H,1-2H2/t4-,5+,6+/m1/s1/i6+0. The maximum Gasteiger partial charge on any atom is 0.0958 e. The molecule has 3 atom stereocenters. The number of nitrogens with one attached hydrogen (secondary N) is 1. The summed E-state index contributed by atoms with van der Waals surface area (Å²) in [4.78, 5) is 0. The first kappa shape index (κ1) is 4.34. The molecule has 1 heterocycles. The number of rotatable bonds is 0. The van der Waals surface area contributed by atoms with Crippen LogP contribution >= 0.6 is 0 Å². The highest BCUT2D eigenvalue weighted by Gasteiger charge is 2.45. The Balaban J connectivity index is 2.01. The number of fused-ring (bicyclic) bond motifs is 1. The van der Waals surface area contributed by atoms with Gasteiger partial charge in [0, 0.05) is 6.04 Å². The van der Waals surface area contributed by atoms with E-state index in [-0.39, 0.29) is 6.04 Å². The highest BCUT2D eigenvalue weighted by molar-refractivity contribution is 5.09. The lowest BCUT2D eigenvalue weighted by atomic mass is 10.2. The van der Waals surface area contributed by atoms with Gasteiger partial charge in [0.05, 0.1) is 12.1 Å². The fourth-order valence-corrected chi connectivity index (χ4v) is 1.43. The molecule has 0 unspecified atom stereocenters. The van der Waals surface area contributed by atoms with Gasteiger partial charge < -0.3 is 0 Å². The van der Waals surface area contributed by atoms with Gasteiger partial charge in [0.15, 0.2) is 0 Å². The zero-order valence-corrected chi connectivity index (χ0v) is 4.59. The van der Waals surface area contributed by atoms with E-state index in [1.54, 1.807) is 0 Å². The molecule has 2 rings (SSSR count). The van der Waals surface area contributed by atoms with Gasteiger partial charge in [-0.15, -0.1) is 0 Å². The van der Waals surface area contributed by atoms with Crippen molar-refractivity contribution in [2.24, 2.45) is 5.92 Å². The maximum atomic E-state index is 8.39. The second-order valence-corrected chi connectivity index (χ2v) is 2.69. The van der Waals surface area contributed by atoms with Crippen molar-refractivity contribution in [2.45, 2.75) is 24.9 Å². The first-order valence-electron chi connectivity index (χ1n) is 3.06. The number of hydrogen-bond donors (Lipinski definition) is 1. The lowest BCUT2D eigenvalue weighted by Gasteiger charge is -1.98. The second kappa shape index (κ2) is 1.24. The highest BCUT2D eigenvalue weighted by atomic mass is 15.0. The number of piperidine rings is 1. The lowest BCUT2D eigenvalue weighted by Crippen LogP contribution is -2.23. The van der Waals surface area contributed by atoms with Crippen LogP contribution in [0.5, 0.6) is 0 Å². The molecule has 1 saturated heterocycles. The summed E-state index contributed by atoms with van der Waals surface area (Å²) in [5, 5.41) is 11.6. The van der Waals surface area contributed by atoms with Gasteiger partial charge in [-0.25, -0.2) is 0 Å². The van der Waals surface area contributed by atoms with Crippen LogP contribution < -0.4 is 5.32 Å². The molecule has 0 aromatic carbocycles. The van der Waals surface area contributed by atoms with Crippen molar-refractivity contribution in [3.8, 4) is 6.07 Å². The Morgan fingerprint density at radius 1 is 1.50 bits per heavy atom. The van der Waals surface area contributed by atoms with E-state index in [4.69, 9.17) is 5.26 Å². The van der Waals surface area contributed by atoms with Gasteiger partial charge in [-0.1, -0.05) is 0 Å². The zero-order valence-electron chi connectivity index (χ0n) is 4.59. The van der Waals surface area contributed by atoms with Crippen molar-refractivity contribution in [2.75, 3.05) is 0 Å². The average Bonchev–Trinajstić information content (AvgIpc) is 2.40. The molecule has 2 nitrogen and oxygen atoms in total. The van der Waals surface area contributed by atoms with Crippen LogP contribution in [0, 0.1) is 17.2 Å². The Morgan fingerprint density at radius 3 is 2.75 bits per heavy atom. The maximum absolute atomic E-state index is 8.39. The third-order valence-electron chi connectivity index (χ3n) is 2.03. The fourth-order valence-electron chi connectivity index (χ4n) is 1.43. The molecule has 0 spiro atoms. The molecule has 1 aliphatic carbocycles. The van der Waals surface area contributed by atoms with E-state index in [1.807, 2.05) is 0 Å². The fraction of sp³-hybridized carbons (Fsp3) is 0.833. The zero-order chi connectivity index (χ0) is 5.56. The number of nitrogens with zero attached hydrogens (tertiary/aromatic N) is 1. The van der Waals surface area contributed by atoms with Crippen LogP contribution in [0.2, 0.25) is 0 Å². The molecule has 0 aromatic heterocycles. The summed E-state index contributed by atoms with van der Waals surface area (Å²) in [6.07, 6.45) is 2.42.